The maximum absolute atomic E-state index is 5.72. The van der Waals surface area contributed by atoms with Gasteiger partial charge in [0.15, 0.2) is 11.6 Å². The van der Waals surface area contributed by atoms with Crippen LogP contribution in [0.15, 0.2) is 18.5 Å². The summed E-state index contributed by atoms with van der Waals surface area (Å²) in [5.41, 5.74) is 1.07. The fourth-order valence-electron chi connectivity index (χ4n) is 1.23. The molecule has 16 heavy (non-hydrogen) atoms. The van der Waals surface area contributed by atoms with E-state index in [0.717, 1.165) is 5.69 Å². The Morgan fingerprint density at radius 2 is 2.12 bits per heavy atom. The molecular weight excluding hydrogens is 226 g/mol. The Hall–Kier alpha value is -1.62. The third-order valence-corrected chi connectivity index (χ3v) is 2.26. The van der Waals surface area contributed by atoms with Crippen molar-refractivity contribution in [3.63, 3.8) is 0 Å². The van der Waals surface area contributed by atoms with Crippen LogP contribution in [0.25, 0.3) is 0 Å². The molecule has 2 rings (SSSR count). The molecule has 0 aliphatic carbocycles. The number of H-pyrrole nitrogens is 1. The largest absolute Gasteiger partial charge is 0.322 e. The molecule has 6 heteroatoms. The van der Waals surface area contributed by atoms with Gasteiger partial charge in [-0.1, -0.05) is 25.4 Å². The van der Waals surface area contributed by atoms with Crippen LogP contribution in [-0.2, 0) is 0 Å². The molecule has 0 aromatic carbocycles. The first-order valence-corrected chi connectivity index (χ1v) is 5.33. The van der Waals surface area contributed by atoms with Crippen LogP contribution in [0.2, 0.25) is 5.15 Å². The number of hydrogen-bond acceptors (Lipinski definition) is 4. The van der Waals surface area contributed by atoms with E-state index in [9.17, 15) is 0 Å². The summed E-state index contributed by atoms with van der Waals surface area (Å²) in [6, 6.07) is 1.94. The summed E-state index contributed by atoms with van der Waals surface area (Å²) >= 11 is 5.72. The number of nitrogens with zero attached hydrogens (tertiary/aromatic N) is 3. The molecule has 84 valence electrons. The van der Waals surface area contributed by atoms with Crippen LogP contribution in [0, 0.1) is 0 Å². The lowest BCUT2D eigenvalue weighted by atomic mass is 10.1. The normalized spacial score (nSPS) is 10.8. The lowest BCUT2D eigenvalue weighted by Crippen LogP contribution is -1.94. The molecule has 2 aromatic rings. The Kier molecular flexibility index (Phi) is 3.05. The first kappa shape index (κ1) is 10.9. The highest BCUT2D eigenvalue weighted by molar-refractivity contribution is 6.29. The van der Waals surface area contributed by atoms with Crippen molar-refractivity contribution < 1.29 is 0 Å². The van der Waals surface area contributed by atoms with Crippen molar-refractivity contribution in [1.29, 1.82) is 0 Å². The fraction of sp³-hybridized carbons (Fsp3) is 0.300. The van der Waals surface area contributed by atoms with E-state index in [1.54, 1.807) is 6.20 Å². The minimum atomic E-state index is 0.351. The van der Waals surface area contributed by atoms with Gasteiger partial charge < -0.3 is 5.32 Å². The zero-order valence-corrected chi connectivity index (χ0v) is 9.78. The molecule has 0 fully saturated rings. The van der Waals surface area contributed by atoms with E-state index < -0.39 is 0 Å². The summed E-state index contributed by atoms with van der Waals surface area (Å²) in [7, 11) is 0. The van der Waals surface area contributed by atoms with Gasteiger partial charge >= 0.3 is 0 Å². The van der Waals surface area contributed by atoms with Gasteiger partial charge in [-0.15, -0.1) is 0 Å². The van der Waals surface area contributed by atoms with E-state index in [1.165, 1.54) is 6.20 Å². The van der Waals surface area contributed by atoms with Crippen molar-refractivity contribution in [2.45, 2.75) is 19.8 Å². The van der Waals surface area contributed by atoms with Crippen LogP contribution in [0.5, 0.6) is 0 Å². The van der Waals surface area contributed by atoms with E-state index in [1.807, 2.05) is 6.07 Å². The molecule has 0 atom stereocenters. The lowest BCUT2D eigenvalue weighted by Gasteiger charge is -2.00. The molecule has 0 bridgehead atoms. The summed E-state index contributed by atoms with van der Waals surface area (Å²) in [4.78, 5) is 7.99. The van der Waals surface area contributed by atoms with Gasteiger partial charge in [-0.3, -0.25) is 10.1 Å². The number of aromatic nitrogens is 4. The monoisotopic (exact) mass is 237 g/mol. The smallest absolute Gasteiger partial charge is 0.153 e. The summed E-state index contributed by atoms with van der Waals surface area (Å²) in [6.45, 7) is 4.19. The molecule has 2 heterocycles. The molecule has 0 spiro atoms. The van der Waals surface area contributed by atoms with Gasteiger partial charge in [0.05, 0.1) is 12.4 Å². The zero-order valence-electron chi connectivity index (χ0n) is 9.03. The number of nitrogens with one attached hydrogen (secondary N) is 2. The average Bonchev–Trinajstić information content (AvgIpc) is 2.66. The van der Waals surface area contributed by atoms with Crippen molar-refractivity contribution >= 4 is 23.2 Å². The Morgan fingerprint density at radius 1 is 1.31 bits per heavy atom. The van der Waals surface area contributed by atoms with E-state index in [0.29, 0.717) is 22.7 Å². The predicted molar refractivity (Wildman–Crippen MR) is 63.0 cm³/mol. The third kappa shape index (κ3) is 2.49. The molecule has 0 unspecified atom stereocenters. The van der Waals surface area contributed by atoms with Crippen molar-refractivity contribution in [3.8, 4) is 0 Å². The molecule has 0 amide bonds. The Balaban J connectivity index is 2.14. The second-order valence-corrected chi connectivity index (χ2v) is 4.10. The summed E-state index contributed by atoms with van der Waals surface area (Å²) < 4.78 is 0. The molecule has 0 saturated heterocycles. The van der Waals surface area contributed by atoms with Crippen LogP contribution in [0.3, 0.4) is 0 Å². The molecular formula is C10H12ClN5. The second kappa shape index (κ2) is 4.49. The Bertz CT molecular complexity index is 480. The highest BCUT2D eigenvalue weighted by Gasteiger charge is 2.05. The molecule has 2 N–H and O–H groups in total. The van der Waals surface area contributed by atoms with Crippen LogP contribution >= 0.6 is 11.6 Å². The van der Waals surface area contributed by atoms with Gasteiger partial charge in [0.25, 0.3) is 0 Å². The van der Waals surface area contributed by atoms with Crippen molar-refractivity contribution in [2.75, 3.05) is 5.32 Å². The van der Waals surface area contributed by atoms with Gasteiger partial charge in [0.2, 0.25) is 0 Å². The number of rotatable bonds is 3. The van der Waals surface area contributed by atoms with Gasteiger partial charge in [-0.2, -0.15) is 5.10 Å². The maximum Gasteiger partial charge on any atom is 0.153 e. The van der Waals surface area contributed by atoms with Crippen LogP contribution < -0.4 is 5.32 Å². The maximum atomic E-state index is 5.72. The molecule has 0 saturated carbocycles. The minimum absolute atomic E-state index is 0.351. The summed E-state index contributed by atoms with van der Waals surface area (Å²) in [5.74, 6) is 1.70. The van der Waals surface area contributed by atoms with Crippen molar-refractivity contribution in [1.82, 2.24) is 20.2 Å². The van der Waals surface area contributed by atoms with Crippen molar-refractivity contribution in [3.05, 3.63) is 29.3 Å². The van der Waals surface area contributed by atoms with Crippen LogP contribution in [0.1, 0.15) is 25.5 Å². The zero-order chi connectivity index (χ0) is 11.5. The van der Waals surface area contributed by atoms with E-state index in [-0.39, 0.29) is 0 Å². The first-order valence-electron chi connectivity index (χ1n) is 4.95. The predicted octanol–water partition coefficient (Wildman–Crippen LogP) is 2.72. The number of anilines is 2. The third-order valence-electron chi connectivity index (χ3n) is 2.08. The van der Waals surface area contributed by atoms with Gasteiger partial charge in [-0.25, -0.2) is 4.98 Å². The molecule has 0 aliphatic heterocycles. The number of aromatic amines is 1. The molecule has 5 nitrogen and oxygen atoms in total. The SMILES string of the molecule is CC(C)c1cc(Nc2cncc(Cl)n2)n[nH]1. The second-order valence-electron chi connectivity index (χ2n) is 3.72. The highest BCUT2D eigenvalue weighted by Crippen LogP contribution is 2.18. The lowest BCUT2D eigenvalue weighted by molar-refractivity contribution is 0.811. The van der Waals surface area contributed by atoms with E-state index >= 15 is 0 Å². The van der Waals surface area contributed by atoms with Crippen LogP contribution in [0.4, 0.5) is 11.6 Å². The highest BCUT2D eigenvalue weighted by atomic mass is 35.5. The Labute approximate surface area is 98.3 Å². The minimum Gasteiger partial charge on any atom is -0.322 e. The average molecular weight is 238 g/mol. The molecule has 0 radical (unpaired) electrons. The summed E-state index contributed by atoms with van der Waals surface area (Å²) in [5, 5.41) is 10.4. The van der Waals surface area contributed by atoms with Gasteiger partial charge in [-0.05, 0) is 5.92 Å². The topological polar surface area (TPSA) is 66.5 Å². The summed E-state index contributed by atoms with van der Waals surface area (Å²) in [6.07, 6.45) is 3.08. The fourth-order valence-corrected chi connectivity index (χ4v) is 1.38. The number of hydrogen-bond donors (Lipinski definition) is 2. The van der Waals surface area contributed by atoms with Crippen molar-refractivity contribution in [2.24, 2.45) is 0 Å². The number of halogens is 1. The molecule has 0 aliphatic rings. The van der Waals surface area contributed by atoms with Crippen LogP contribution in [-0.4, -0.2) is 20.2 Å². The van der Waals surface area contributed by atoms with E-state index in [4.69, 9.17) is 11.6 Å². The Morgan fingerprint density at radius 3 is 2.75 bits per heavy atom. The standard InChI is InChI=1S/C10H12ClN5/c1-6(2)7-3-9(16-15-7)14-10-5-12-4-8(11)13-10/h3-6H,1-2H3,(H2,13,14,15,16). The quantitative estimate of drug-likeness (QED) is 0.862. The molecule has 2 aromatic heterocycles. The van der Waals surface area contributed by atoms with Gasteiger partial charge in [0, 0.05) is 11.8 Å². The van der Waals surface area contributed by atoms with Gasteiger partial charge in [0.1, 0.15) is 5.15 Å². The first-order chi connectivity index (χ1) is 7.65. The van der Waals surface area contributed by atoms with E-state index in [2.05, 4.69) is 39.3 Å².